The highest BCUT2D eigenvalue weighted by Crippen LogP contribution is 2.10. The number of nitrogens with one attached hydrogen (secondary N) is 1. The second-order valence-corrected chi connectivity index (χ2v) is 5.70. The SMILES string of the molecule is CCc1ccc(NC(N)=NCCN2CCCCCC2)cc1.I. The molecule has 1 aliphatic rings. The lowest BCUT2D eigenvalue weighted by atomic mass is 10.1. The van der Waals surface area contributed by atoms with E-state index in [4.69, 9.17) is 5.73 Å². The van der Waals surface area contributed by atoms with Crippen LogP contribution in [0.3, 0.4) is 0 Å². The molecule has 1 saturated heterocycles. The van der Waals surface area contributed by atoms with Crippen molar-refractivity contribution in [3.05, 3.63) is 29.8 Å². The Hall–Kier alpha value is -0.820. The van der Waals surface area contributed by atoms with Crippen LogP contribution in [0.5, 0.6) is 0 Å². The van der Waals surface area contributed by atoms with E-state index in [1.165, 1.54) is 44.3 Å². The zero-order valence-electron chi connectivity index (χ0n) is 13.6. The summed E-state index contributed by atoms with van der Waals surface area (Å²) < 4.78 is 0. The minimum Gasteiger partial charge on any atom is -0.370 e. The van der Waals surface area contributed by atoms with Crippen molar-refractivity contribution in [3.63, 3.8) is 0 Å². The van der Waals surface area contributed by atoms with E-state index in [1.54, 1.807) is 0 Å². The van der Waals surface area contributed by atoms with Crippen LogP contribution in [0.2, 0.25) is 0 Å². The lowest BCUT2D eigenvalue weighted by Gasteiger charge is -2.18. The maximum absolute atomic E-state index is 5.94. The Balaban J connectivity index is 0.00000242. The molecular weight excluding hydrogens is 387 g/mol. The molecule has 1 fully saturated rings. The van der Waals surface area contributed by atoms with Gasteiger partial charge in [0.15, 0.2) is 5.96 Å². The third-order valence-corrected chi connectivity index (χ3v) is 4.03. The molecule has 1 aromatic rings. The molecule has 5 heteroatoms. The van der Waals surface area contributed by atoms with Gasteiger partial charge in [0.25, 0.3) is 0 Å². The topological polar surface area (TPSA) is 53.6 Å². The van der Waals surface area contributed by atoms with Crippen molar-refractivity contribution in [1.29, 1.82) is 0 Å². The van der Waals surface area contributed by atoms with E-state index in [1.807, 2.05) is 0 Å². The Bertz CT molecular complexity index is 436. The van der Waals surface area contributed by atoms with Crippen LogP contribution in [0, 0.1) is 0 Å². The molecule has 0 bridgehead atoms. The minimum atomic E-state index is 0. The van der Waals surface area contributed by atoms with E-state index in [-0.39, 0.29) is 24.0 Å². The van der Waals surface area contributed by atoms with Gasteiger partial charge < -0.3 is 16.0 Å². The van der Waals surface area contributed by atoms with E-state index in [0.29, 0.717) is 5.96 Å². The molecule has 0 saturated carbocycles. The standard InChI is InChI=1S/C17H28N4.HI/c1-2-15-7-9-16(10-8-15)20-17(18)19-11-14-21-12-5-3-4-6-13-21;/h7-10H,2-6,11-14H2,1H3,(H3,18,19,20);1H. The van der Waals surface area contributed by atoms with Crippen molar-refractivity contribution in [2.45, 2.75) is 39.0 Å². The van der Waals surface area contributed by atoms with Crippen LogP contribution >= 0.6 is 24.0 Å². The Morgan fingerprint density at radius 2 is 1.77 bits per heavy atom. The average Bonchev–Trinajstić information content (AvgIpc) is 2.77. The second-order valence-electron chi connectivity index (χ2n) is 5.70. The molecule has 3 N–H and O–H groups in total. The summed E-state index contributed by atoms with van der Waals surface area (Å²) in [4.78, 5) is 6.93. The van der Waals surface area contributed by atoms with Gasteiger partial charge in [-0.3, -0.25) is 4.99 Å². The highest BCUT2D eigenvalue weighted by atomic mass is 127. The van der Waals surface area contributed by atoms with Crippen LogP contribution in [0.4, 0.5) is 5.69 Å². The number of aryl methyl sites for hydroxylation is 1. The zero-order valence-corrected chi connectivity index (χ0v) is 15.9. The monoisotopic (exact) mass is 416 g/mol. The summed E-state index contributed by atoms with van der Waals surface area (Å²) in [6.45, 7) is 6.35. The predicted molar refractivity (Wildman–Crippen MR) is 106 cm³/mol. The van der Waals surface area contributed by atoms with Crippen molar-refractivity contribution in [3.8, 4) is 0 Å². The average molecular weight is 416 g/mol. The van der Waals surface area contributed by atoms with Gasteiger partial charge in [-0.2, -0.15) is 0 Å². The lowest BCUT2D eigenvalue weighted by molar-refractivity contribution is 0.293. The van der Waals surface area contributed by atoms with Gasteiger partial charge in [-0.05, 0) is 50.0 Å². The summed E-state index contributed by atoms with van der Waals surface area (Å²) in [5.74, 6) is 0.508. The second kappa shape index (κ2) is 10.8. The van der Waals surface area contributed by atoms with E-state index < -0.39 is 0 Å². The summed E-state index contributed by atoms with van der Waals surface area (Å²) >= 11 is 0. The van der Waals surface area contributed by atoms with Crippen LogP contribution in [0.25, 0.3) is 0 Å². The first-order valence-electron chi connectivity index (χ1n) is 8.16. The summed E-state index contributed by atoms with van der Waals surface area (Å²) in [7, 11) is 0. The number of aliphatic imine (C=N–C) groups is 1. The first-order chi connectivity index (χ1) is 10.3. The Morgan fingerprint density at radius 3 is 2.36 bits per heavy atom. The molecule has 4 nitrogen and oxygen atoms in total. The first-order valence-corrected chi connectivity index (χ1v) is 8.16. The molecule has 2 rings (SSSR count). The summed E-state index contributed by atoms with van der Waals surface area (Å²) in [5.41, 5.74) is 8.28. The van der Waals surface area contributed by atoms with E-state index in [2.05, 4.69) is 46.4 Å². The van der Waals surface area contributed by atoms with Crippen molar-refractivity contribution in [1.82, 2.24) is 4.90 Å². The summed E-state index contributed by atoms with van der Waals surface area (Å²) in [5, 5.41) is 3.15. The van der Waals surface area contributed by atoms with Gasteiger partial charge in [0.2, 0.25) is 0 Å². The van der Waals surface area contributed by atoms with Crippen LogP contribution in [0.15, 0.2) is 29.3 Å². The van der Waals surface area contributed by atoms with Gasteiger partial charge in [0, 0.05) is 12.2 Å². The Labute approximate surface area is 151 Å². The van der Waals surface area contributed by atoms with E-state index in [0.717, 1.165) is 25.2 Å². The fraction of sp³-hybridized carbons (Fsp3) is 0.588. The lowest BCUT2D eigenvalue weighted by Crippen LogP contribution is -2.29. The van der Waals surface area contributed by atoms with Gasteiger partial charge in [-0.1, -0.05) is 31.9 Å². The van der Waals surface area contributed by atoms with Crippen molar-refractivity contribution in [2.24, 2.45) is 10.7 Å². The van der Waals surface area contributed by atoms with Gasteiger partial charge in [-0.15, -0.1) is 24.0 Å². The molecule has 1 aromatic carbocycles. The van der Waals surface area contributed by atoms with E-state index >= 15 is 0 Å². The molecule has 0 unspecified atom stereocenters. The molecule has 0 aliphatic carbocycles. The number of nitrogens with two attached hydrogens (primary N) is 1. The highest BCUT2D eigenvalue weighted by molar-refractivity contribution is 14.0. The van der Waals surface area contributed by atoms with Crippen LogP contribution in [-0.2, 0) is 6.42 Å². The summed E-state index contributed by atoms with van der Waals surface area (Å²) in [6, 6.07) is 8.34. The fourth-order valence-corrected chi connectivity index (χ4v) is 2.68. The summed E-state index contributed by atoms with van der Waals surface area (Å²) in [6.07, 6.45) is 6.44. The molecule has 0 spiro atoms. The Morgan fingerprint density at radius 1 is 1.14 bits per heavy atom. The third kappa shape index (κ3) is 6.96. The molecule has 0 radical (unpaired) electrons. The number of hydrogen-bond acceptors (Lipinski definition) is 2. The van der Waals surface area contributed by atoms with Crippen molar-refractivity contribution < 1.29 is 0 Å². The third-order valence-electron chi connectivity index (χ3n) is 4.03. The number of benzene rings is 1. The molecular formula is C17H29IN4. The van der Waals surface area contributed by atoms with Gasteiger partial charge in [0.05, 0.1) is 6.54 Å². The van der Waals surface area contributed by atoms with Gasteiger partial charge >= 0.3 is 0 Å². The number of halogens is 1. The molecule has 124 valence electrons. The molecule has 0 atom stereocenters. The van der Waals surface area contributed by atoms with Crippen LogP contribution < -0.4 is 11.1 Å². The van der Waals surface area contributed by atoms with Crippen molar-refractivity contribution in [2.75, 3.05) is 31.5 Å². The molecule has 22 heavy (non-hydrogen) atoms. The van der Waals surface area contributed by atoms with E-state index in [9.17, 15) is 0 Å². The molecule has 1 heterocycles. The fourth-order valence-electron chi connectivity index (χ4n) is 2.68. The molecule has 0 aromatic heterocycles. The van der Waals surface area contributed by atoms with Crippen LogP contribution in [0.1, 0.15) is 38.2 Å². The number of nitrogens with zero attached hydrogens (tertiary/aromatic N) is 2. The quantitative estimate of drug-likeness (QED) is 0.439. The van der Waals surface area contributed by atoms with Crippen LogP contribution in [-0.4, -0.2) is 37.0 Å². The number of guanidine groups is 1. The number of hydrogen-bond donors (Lipinski definition) is 2. The minimum absolute atomic E-state index is 0. The molecule has 1 aliphatic heterocycles. The Kier molecular flexibility index (Phi) is 9.47. The number of likely N-dealkylation sites (tertiary alicyclic amines) is 1. The highest BCUT2D eigenvalue weighted by Gasteiger charge is 2.07. The van der Waals surface area contributed by atoms with Gasteiger partial charge in [0.1, 0.15) is 0 Å². The number of anilines is 1. The normalized spacial score (nSPS) is 16.7. The maximum atomic E-state index is 5.94. The molecule has 0 amide bonds. The maximum Gasteiger partial charge on any atom is 0.193 e. The zero-order chi connectivity index (χ0) is 14.9. The predicted octanol–water partition coefficient (Wildman–Crippen LogP) is 3.47. The largest absolute Gasteiger partial charge is 0.370 e. The van der Waals surface area contributed by atoms with Gasteiger partial charge in [-0.25, -0.2) is 0 Å². The number of rotatable bonds is 5. The first kappa shape index (κ1) is 19.2. The smallest absolute Gasteiger partial charge is 0.193 e. The van der Waals surface area contributed by atoms with Crippen molar-refractivity contribution >= 4 is 35.6 Å².